The standard InChI is InChI=1S/C17H19N5O2/c1-21-15-14(11-18-21)16(24-12-13-5-3-2-4-6-13)20-17(19-15)22-7-9-23-10-8-22/h2-6,11H,7-10,12H2,1H3. The van der Waals surface area contributed by atoms with Crippen LogP contribution >= 0.6 is 0 Å². The van der Waals surface area contributed by atoms with Crippen LogP contribution in [0.2, 0.25) is 0 Å². The number of aryl methyl sites for hydroxylation is 1. The second-order valence-corrected chi connectivity index (χ2v) is 5.71. The summed E-state index contributed by atoms with van der Waals surface area (Å²) in [6.45, 7) is 3.40. The second-order valence-electron chi connectivity index (χ2n) is 5.71. The minimum atomic E-state index is 0.463. The van der Waals surface area contributed by atoms with Gasteiger partial charge in [-0.15, -0.1) is 0 Å². The van der Waals surface area contributed by atoms with Crippen LogP contribution < -0.4 is 9.64 Å². The van der Waals surface area contributed by atoms with Gasteiger partial charge in [0, 0.05) is 20.1 Å². The lowest BCUT2D eigenvalue weighted by Gasteiger charge is -2.27. The first-order valence-electron chi connectivity index (χ1n) is 8.00. The monoisotopic (exact) mass is 325 g/mol. The fraction of sp³-hybridized carbons (Fsp3) is 0.353. The van der Waals surface area contributed by atoms with E-state index in [-0.39, 0.29) is 0 Å². The zero-order chi connectivity index (χ0) is 16.4. The van der Waals surface area contributed by atoms with Gasteiger partial charge in [0.2, 0.25) is 11.8 Å². The van der Waals surface area contributed by atoms with Crippen LogP contribution in [0.15, 0.2) is 36.5 Å². The van der Waals surface area contributed by atoms with Crippen LogP contribution in [0.4, 0.5) is 5.95 Å². The fourth-order valence-corrected chi connectivity index (χ4v) is 2.73. The summed E-state index contributed by atoms with van der Waals surface area (Å²) in [6, 6.07) is 10.0. The van der Waals surface area contributed by atoms with E-state index >= 15 is 0 Å². The van der Waals surface area contributed by atoms with Crippen molar-refractivity contribution in [1.82, 2.24) is 19.7 Å². The summed E-state index contributed by atoms with van der Waals surface area (Å²) in [4.78, 5) is 11.4. The summed E-state index contributed by atoms with van der Waals surface area (Å²) in [5, 5.41) is 5.11. The molecule has 0 atom stereocenters. The average Bonchev–Trinajstić information content (AvgIpc) is 3.02. The van der Waals surface area contributed by atoms with E-state index in [4.69, 9.17) is 9.47 Å². The number of nitrogens with zero attached hydrogens (tertiary/aromatic N) is 5. The molecule has 0 saturated carbocycles. The maximum absolute atomic E-state index is 5.99. The molecule has 0 N–H and O–H groups in total. The summed E-state index contributed by atoms with van der Waals surface area (Å²) in [5.41, 5.74) is 1.87. The largest absolute Gasteiger partial charge is 0.472 e. The maximum atomic E-state index is 5.99. The highest BCUT2D eigenvalue weighted by atomic mass is 16.5. The molecule has 0 amide bonds. The van der Waals surface area contributed by atoms with Gasteiger partial charge in [-0.25, -0.2) is 0 Å². The topological polar surface area (TPSA) is 65.3 Å². The molecule has 3 heterocycles. The molecular weight excluding hydrogens is 306 g/mol. The Balaban J connectivity index is 1.67. The van der Waals surface area contributed by atoms with Crippen molar-refractivity contribution in [1.29, 1.82) is 0 Å². The van der Waals surface area contributed by atoms with Gasteiger partial charge in [0.1, 0.15) is 12.0 Å². The smallest absolute Gasteiger partial charge is 0.230 e. The molecular formula is C17H19N5O2. The first-order valence-corrected chi connectivity index (χ1v) is 8.00. The number of rotatable bonds is 4. The molecule has 4 rings (SSSR count). The van der Waals surface area contributed by atoms with Crippen LogP contribution in [0.1, 0.15) is 5.56 Å². The van der Waals surface area contributed by atoms with Gasteiger partial charge >= 0.3 is 0 Å². The Morgan fingerprint density at radius 3 is 2.71 bits per heavy atom. The molecule has 3 aromatic rings. The second kappa shape index (κ2) is 6.45. The van der Waals surface area contributed by atoms with Crippen molar-refractivity contribution >= 4 is 17.0 Å². The molecule has 1 aromatic carbocycles. The molecule has 0 aliphatic carbocycles. The van der Waals surface area contributed by atoms with E-state index in [1.54, 1.807) is 10.9 Å². The maximum Gasteiger partial charge on any atom is 0.230 e. The van der Waals surface area contributed by atoms with Crippen molar-refractivity contribution in [3.63, 3.8) is 0 Å². The predicted molar refractivity (Wildman–Crippen MR) is 90.1 cm³/mol. The van der Waals surface area contributed by atoms with Crippen LogP contribution in [-0.4, -0.2) is 46.1 Å². The van der Waals surface area contributed by atoms with E-state index in [1.807, 2.05) is 37.4 Å². The molecule has 0 unspecified atom stereocenters. The third-order valence-electron chi connectivity index (χ3n) is 4.06. The minimum Gasteiger partial charge on any atom is -0.472 e. The van der Waals surface area contributed by atoms with Gasteiger partial charge in [0.25, 0.3) is 0 Å². The molecule has 0 radical (unpaired) electrons. The van der Waals surface area contributed by atoms with E-state index in [1.165, 1.54) is 0 Å². The molecule has 0 spiro atoms. The highest BCUT2D eigenvalue weighted by Gasteiger charge is 2.19. The molecule has 124 valence electrons. The number of hydrogen-bond acceptors (Lipinski definition) is 6. The Hall–Kier alpha value is -2.67. The number of morpholine rings is 1. The number of hydrogen-bond donors (Lipinski definition) is 0. The molecule has 1 saturated heterocycles. The Labute approximate surface area is 139 Å². The van der Waals surface area contributed by atoms with Crippen LogP contribution in [-0.2, 0) is 18.4 Å². The summed E-state index contributed by atoms with van der Waals surface area (Å²) >= 11 is 0. The molecule has 1 aliphatic rings. The summed E-state index contributed by atoms with van der Waals surface area (Å²) < 4.78 is 13.1. The lowest BCUT2D eigenvalue weighted by molar-refractivity contribution is 0.122. The average molecular weight is 325 g/mol. The van der Waals surface area contributed by atoms with Crippen molar-refractivity contribution in [2.45, 2.75) is 6.61 Å². The van der Waals surface area contributed by atoms with Crippen molar-refractivity contribution in [2.75, 3.05) is 31.2 Å². The molecule has 7 heteroatoms. The SMILES string of the molecule is Cn1ncc2c(OCc3ccccc3)nc(N3CCOCC3)nc21. The molecule has 1 aliphatic heterocycles. The van der Waals surface area contributed by atoms with E-state index in [0.717, 1.165) is 29.7 Å². The zero-order valence-electron chi connectivity index (χ0n) is 13.6. The van der Waals surface area contributed by atoms with Crippen LogP contribution in [0.25, 0.3) is 11.0 Å². The van der Waals surface area contributed by atoms with Crippen molar-refractivity contribution in [3.8, 4) is 5.88 Å². The zero-order valence-corrected chi connectivity index (χ0v) is 13.6. The molecule has 2 aromatic heterocycles. The molecule has 0 bridgehead atoms. The van der Waals surface area contributed by atoms with E-state index in [9.17, 15) is 0 Å². The predicted octanol–water partition coefficient (Wildman–Crippen LogP) is 1.78. The van der Waals surface area contributed by atoms with Gasteiger partial charge in [-0.2, -0.15) is 15.1 Å². The van der Waals surface area contributed by atoms with Gasteiger partial charge in [-0.1, -0.05) is 30.3 Å². The van der Waals surface area contributed by atoms with Crippen LogP contribution in [0, 0.1) is 0 Å². The fourth-order valence-electron chi connectivity index (χ4n) is 2.73. The summed E-state index contributed by atoms with van der Waals surface area (Å²) in [5.74, 6) is 1.23. The summed E-state index contributed by atoms with van der Waals surface area (Å²) in [7, 11) is 1.87. The first-order chi connectivity index (χ1) is 11.8. The molecule has 24 heavy (non-hydrogen) atoms. The van der Waals surface area contributed by atoms with Gasteiger partial charge in [0.15, 0.2) is 5.65 Å². The number of anilines is 1. The van der Waals surface area contributed by atoms with Crippen molar-refractivity contribution < 1.29 is 9.47 Å². The van der Waals surface area contributed by atoms with Crippen LogP contribution in [0.3, 0.4) is 0 Å². The number of ether oxygens (including phenoxy) is 2. The van der Waals surface area contributed by atoms with Gasteiger partial charge in [0.05, 0.1) is 19.4 Å². The van der Waals surface area contributed by atoms with E-state index < -0.39 is 0 Å². The normalized spacial score (nSPS) is 15.0. The summed E-state index contributed by atoms with van der Waals surface area (Å²) in [6.07, 6.45) is 1.75. The highest BCUT2D eigenvalue weighted by molar-refractivity contribution is 5.81. The van der Waals surface area contributed by atoms with E-state index in [2.05, 4.69) is 20.0 Å². The Bertz CT molecular complexity index is 828. The lowest BCUT2D eigenvalue weighted by atomic mass is 10.2. The minimum absolute atomic E-state index is 0.463. The van der Waals surface area contributed by atoms with Crippen LogP contribution in [0.5, 0.6) is 5.88 Å². The molecule has 7 nitrogen and oxygen atoms in total. The third-order valence-corrected chi connectivity index (χ3v) is 4.06. The first kappa shape index (κ1) is 14.9. The Morgan fingerprint density at radius 1 is 1.12 bits per heavy atom. The Kier molecular flexibility index (Phi) is 4.00. The number of fused-ring (bicyclic) bond motifs is 1. The van der Waals surface area contributed by atoms with Gasteiger partial charge in [-0.05, 0) is 5.56 Å². The lowest BCUT2D eigenvalue weighted by Crippen LogP contribution is -2.37. The number of aromatic nitrogens is 4. The van der Waals surface area contributed by atoms with Gasteiger partial charge < -0.3 is 14.4 Å². The van der Waals surface area contributed by atoms with Crippen molar-refractivity contribution in [3.05, 3.63) is 42.1 Å². The molecule has 1 fully saturated rings. The van der Waals surface area contributed by atoms with Crippen molar-refractivity contribution in [2.24, 2.45) is 7.05 Å². The van der Waals surface area contributed by atoms with Gasteiger partial charge in [-0.3, -0.25) is 4.68 Å². The highest BCUT2D eigenvalue weighted by Crippen LogP contribution is 2.26. The third kappa shape index (κ3) is 2.90. The van der Waals surface area contributed by atoms with E-state index in [0.29, 0.717) is 31.6 Å². The number of benzene rings is 1. The quantitative estimate of drug-likeness (QED) is 0.728. The Morgan fingerprint density at radius 2 is 1.92 bits per heavy atom.